The van der Waals surface area contributed by atoms with Gasteiger partial charge in [-0.05, 0) is 36.2 Å². The van der Waals surface area contributed by atoms with E-state index in [1.165, 1.54) is 0 Å². The van der Waals surface area contributed by atoms with Gasteiger partial charge in [-0.3, -0.25) is 4.68 Å². The molecule has 2 aromatic rings. The van der Waals surface area contributed by atoms with Gasteiger partial charge in [0.1, 0.15) is 5.69 Å². The molecule has 0 radical (unpaired) electrons. The smallest absolute Gasteiger partial charge is 0.277 e. The largest absolute Gasteiger partial charge is 0.331 e. The van der Waals surface area contributed by atoms with Crippen LogP contribution in [0.2, 0.25) is 5.28 Å². The van der Waals surface area contributed by atoms with Crippen molar-refractivity contribution in [1.82, 2.24) is 19.9 Å². The van der Waals surface area contributed by atoms with Crippen molar-refractivity contribution >= 4 is 11.6 Å². The number of halogens is 1. The Bertz CT molecular complexity index is 462. The lowest BCUT2D eigenvalue weighted by Crippen LogP contribution is -1.99. The molecule has 0 saturated heterocycles. The molecule has 0 N–H and O–H groups in total. The van der Waals surface area contributed by atoms with Crippen LogP contribution in [0.25, 0.3) is 11.6 Å². The highest BCUT2D eigenvalue weighted by Crippen LogP contribution is 2.20. The summed E-state index contributed by atoms with van der Waals surface area (Å²) >= 11 is 5.60. The second kappa shape index (κ2) is 4.02. The predicted octanol–water partition coefficient (Wildman–Crippen LogP) is 2.17. The second-order valence-electron chi connectivity index (χ2n) is 3.06. The molecule has 0 amide bonds. The van der Waals surface area contributed by atoms with Crippen LogP contribution in [-0.2, 0) is 13.0 Å². The zero-order chi connectivity index (χ0) is 10.8. The molecule has 5 nitrogen and oxygen atoms in total. The van der Waals surface area contributed by atoms with Crippen molar-refractivity contribution in [1.29, 1.82) is 0 Å². The van der Waals surface area contributed by atoms with Crippen LogP contribution >= 0.6 is 11.6 Å². The summed E-state index contributed by atoms with van der Waals surface area (Å²) in [6.45, 7) is 4.82. The van der Waals surface area contributed by atoms with Gasteiger partial charge in [0.25, 0.3) is 11.2 Å². The lowest BCUT2D eigenvalue weighted by molar-refractivity contribution is 0.425. The first kappa shape index (κ1) is 10.2. The first-order chi connectivity index (χ1) is 7.24. The van der Waals surface area contributed by atoms with E-state index in [9.17, 15) is 0 Å². The van der Waals surface area contributed by atoms with E-state index in [-0.39, 0.29) is 5.28 Å². The molecule has 0 unspecified atom stereocenters. The van der Waals surface area contributed by atoms with Crippen molar-refractivity contribution in [3.63, 3.8) is 0 Å². The van der Waals surface area contributed by atoms with Crippen LogP contribution in [-0.4, -0.2) is 19.9 Å². The zero-order valence-corrected chi connectivity index (χ0v) is 9.32. The molecule has 0 atom stereocenters. The standard InChI is InChI=1S/C9H11ClN4O/c1-3-6-5-7(14(4-2)12-6)8-11-9(10)13-15-8/h5H,3-4H2,1-2H3. The number of aromatic nitrogens is 4. The first-order valence-corrected chi connectivity index (χ1v) is 5.18. The number of rotatable bonds is 3. The highest BCUT2D eigenvalue weighted by molar-refractivity contribution is 6.28. The Labute approximate surface area is 92.0 Å². The van der Waals surface area contributed by atoms with E-state index in [2.05, 4.69) is 15.2 Å². The highest BCUT2D eigenvalue weighted by atomic mass is 35.5. The lowest BCUT2D eigenvalue weighted by Gasteiger charge is -1.97. The SMILES string of the molecule is CCc1cc(-c2nc(Cl)no2)n(CC)n1. The Morgan fingerprint density at radius 3 is 2.80 bits per heavy atom. The number of nitrogens with zero attached hydrogens (tertiary/aromatic N) is 4. The minimum atomic E-state index is 0.118. The van der Waals surface area contributed by atoms with Crippen LogP contribution in [0.1, 0.15) is 19.5 Å². The van der Waals surface area contributed by atoms with Gasteiger partial charge in [0.2, 0.25) is 0 Å². The molecule has 0 saturated carbocycles. The van der Waals surface area contributed by atoms with E-state index < -0.39 is 0 Å². The van der Waals surface area contributed by atoms with Gasteiger partial charge in [-0.1, -0.05) is 6.92 Å². The number of aryl methyl sites for hydroxylation is 2. The second-order valence-corrected chi connectivity index (χ2v) is 3.40. The summed E-state index contributed by atoms with van der Waals surface area (Å²) in [6, 6.07) is 1.94. The van der Waals surface area contributed by atoms with E-state index in [0.29, 0.717) is 5.89 Å². The molecule has 0 bridgehead atoms. The molecule has 80 valence electrons. The van der Waals surface area contributed by atoms with E-state index in [0.717, 1.165) is 24.4 Å². The maximum Gasteiger partial charge on any atom is 0.277 e. The van der Waals surface area contributed by atoms with Gasteiger partial charge in [-0.25, -0.2) is 0 Å². The fourth-order valence-electron chi connectivity index (χ4n) is 1.37. The van der Waals surface area contributed by atoms with Crippen LogP contribution in [0.15, 0.2) is 10.6 Å². The van der Waals surface area contributed by atoms with Gasteiger partial charge in [0.15, 0.2) is 0 Å². The topological polar surface area (TPSA) is 56.7 Å². The molecular weight excluding hydrogens is 216 g/mol. The van der Waals surface area contributed by atoms with Gasteiger partial charge in [-0.15, -0.1) is 0 Å². The van der Waals surface area contributed by atoms with E-state index in [1.807, 2.05) is 24.6 Å². The average Bonchev–Trinajstić information content (AvgIpc) is 2.82. The summed E-state index contributed by atoms with van der Waals surface area (Å²) in [4.78, 5) is 3.96. The molecule has 0 aliphatic rings. The van der Waals surface area contributed by atoms with Crippen molar-refractivity contribution in [2.75, 3.05) is 0 Å². The fraction of sp³-hybridized carbons (Fsp3) is 0.444. The molecule has 6 heteroatoms. The van der Waals surface area contributed by atoms with Gasteiger partial charge >= 0.3 is 0 Å². The lowest BCUT2D eigenvalue weighted by atomic mass is 10.3. The van der Waals surface area contributed by atoms with Crippen LogP contribution in [0.5, 0.6) is 0 Å². The van der Waals surface area contributed by atoms with E-state index in [4.69, 9.17) is 16.1 Å². The summed E-state index contributed by atoms with van der Waals surface area (Å²) < 4.78 is 6.82. The molecule has 0 aliphatic carbocycles. The quantitative estimate of drug-likeness (QED) is 0.805. The Morgan fingerprint density at radius 1 is 1.47 bits per heavy atom. The third-order valence-electron chi connectivity index (χ3n) is 2.11. The molecule has 0 fully saturated rings. The van der Waals surface area contributed by atoms with Crippen molar-refractivity contribution in [2.24, 2.45) is 0 Å². The Kier molecular flexibility index (Phi) is 2.73. The van der Waals surface area contributed by atoms with Gasteiger partial charge < -0.3 is 4.52 Å². The molecular formula is C9H11ClN4O. The van der Waals surface area contributed by atoms with Crippen LogP contribution < -0.4 is 0 Å². The summed E-state index contributed by atoms with van der Waals surface area (Å²) in [6.07, 6.45) is 0.877. The van der Waals surface area contributed by atoms with Crippen LogP contribution in [0, 0.1) is 0 Å². The number of hydrogen-bond donors (Lipinski definition) is 0. The molecule has 0 aromatic carbocycles. The fourth-order valence-corrected chi connectivity index (χ4v) is 1.48. The van der Waals surface area contributed by atoms with Crippen molar-refractivity contribution in [3.05, 3.63) is 17.0 Å². The number of hydrogen-bond acceptors (Lipinski definition) is 4. The third kappa shape index (κ3) is 1.87. The molecule has 0 spiro atoms. The summed E-state index contributed by atoms with van der Waals surface area (Å²) in [5, 5.41) is 8.04. The maximum atomic E-state index is 5.60. The molecule has 2 aromatic heterocycles. The summed E-state index contributed by atoms with van der Waals surface area (Å²) in [5.74, 6) is 0.411. The Balaban J connectivity index is 2.46. The van der Waals surface area contributed by atoms with E-state index in [1.54, 1.807) is 0 Å². The summed E-state index contributed by atoms with van der Waals surface area (Å²) in [7, 11) is 0. The van der Waals surface area contributed by atoms with Gasteiger partial charge in [0, 0.05) is 6.54 Å². The Hall–Kier alpha value is -1.36. The highest BCUT2D eigenvalue weighted by Gasteiger charge is 2.14. The normalized spacial score (nSPS) is 10.9. The predicted molar refractivity (Wildman–Crippen MR) is 55.6 cm³/mol. The van der Waals surface area contributed by atoms with Crippen LogP contribution in [0.3, 0.4) is 0 Å². The third-order valence-corrected chi connectivity index (χ3v) is 2.27. The van der Waals surface area contributed by atoms with E-state index >= 15 is 0 Å². The molecule has 0 aliphatic heterocycles. The molecule has 2 heterocycles. The van der Waals surface area contributed by atoms with Crippen molar-refractivity contribution in [2.45, 2.75) is 26.8 Å². The minimum absolute atomic E-state index is 0.118. The average molecular weight is 227 g/mol. The monoisotopic (exact) mass is 226 g/mol. The first-order valence-electron chi connectivity index (χ1n) is 4.81. The molecule has 2 rings (SSSR count). The van der Waals surface area contributed by atoms with Crippen LogP contribution in [0.4, 0.5) is 0 Å². The summed E-state index contributed by atoms with van der Waals surface area (Å²) in [5.41, 5.74) is 1.81. The van der Waals surface area contributed by atoms with Crippen molar-refractivity contribution in [3.8, 4) is 11.6 Å². The maximum absolute atomic E-state index is 5.60. The molecule has 15 heavy (non-hydrogen) atoms. The minimum Gasteiger partial charge on any atom is -0.331 e. The van der Waals surface area contributed by atoms with Crippen molar-refractivity contribution < 1.29 is 4.52 Å². The Morgan fingerprint density at radius 2 is 2.27 bits per heavy atom. The van der Waals surface area contributed by atoms with Gasteiger partial charge in [-0.2, -0.15) is 10.1 Å². The zero-order valence-electron chi connectivity index (χ0n) is 8.57. The van der Waals surface area contributed by atoms with Gasteiger partial charge in [0.05, 0.1) is 5.69 Å².